The quantitative estimate of drug-likeness (QED) is 0.781. The van der Waals surface area contributed by atoms with Crippen LogP contribution in [0.2, 0.25) is 0 Å². The number of rotatable bonds is 5. The zero-order valence-corrected chi connectivity index (χ0v) is 9.44. The molecule has 2 rings (SSSR count). The van der Waals surface area contributed by atoms with Gasteiger partial charge in [-0.3, -0.25) is 0 Å². The van der Waals surface area contributed by atoms with Gasteiger partial charge < -0.3 is 9.84 Å². The highest BCUT2D eigenvalue weighted by molar-refractivity contribution is 5.60. The van der Waals surface area contributed by atoms with Gasteiger partial charge in [-0.2, -0.15) is 0 Å². The van der Waals surface area contributed by atoms with Gasteiger partial charge in [0.05, 0.1) is 6.20 Å². The first-order valence-electron chi connectivity index (χ1n) is 5.61. The topological polar surface area (TPSA) is 38.1 Å². The fourth-order valence-electron chi connectivity index (χ4n) is 1.61. The molecule has 0 spiro atoms. The number of hydrogen-bond donors (Lipinski definition) is 1. The number of nitrogens with zero attached hydrogens (tertiary/aromatic N) is 1. The maximum absolute atomic E-state index is 5.29. The Hall–Kier alpha value is -1.61. The summed E-state index contributed by atoms with van der Waals surface area (Å²) in [6.45, 7) is 3.97. The van der Waals surface area contributed by atoms with Gasteiger partial charge in [-0.05, 0) is 13.0 Å². The van der Waals surface area contributed by atoms with E-state index in [0.717, 1.165) is 36.4 Å². The minimum Gasteiger partial charge on any atom is -0.356 e. The van der Waals surface area contributed by atoms with Crippen molar-refractivity contribution in [3.63, 3.8) is 0 Å². The minimum atomic E-state index is 0.807. The molecule has 0 radical (unpaired) electrons. The lowest BCUT2D eigenvalue weighted by Gasteiger charge is -2.02. The zero-order chi connectivity index (χ0) is 11.2. The molecule has 0 saturated carbocycles. The third-order valence-electron chi connectivity index (χ3n) is 2.42. The van der Waals surface area contributed by atoms with Crippen LogP contribution in [-0.4, -0.2) is 11.7 Å². The maximum atomic E-state index is 5.29. The molecule has 2 aromatic rings. The van der Waals surface area contributed by atoms with Crippen molar-refractivity contribution in [2.45, 2.75) is 19.9 Å². The zero-order valence-electron chi connectivity index (χ0n) is 9.44. The van der Waals surface area contributed by atoms with E-state index in [1.54, 1.807) is 6.20 Å². The summed E-state index contributed by atoms with van der Waals surface area (Å²) in [5.74, 6) is 0.865. The van der Waals surface area contributed by atoms with Crippen molar-refractivity contribution in [3.8, 4) is 11.3 Å². The largest absolute Gasteiger partial charge is 0.356 e. The van der Waals surface area contributed by atoms with Gasteiger partial charge in [0.1, 0.15) is 0 Å². The second-order valence-corrected chi connectivity index (χ2v) is 3.72. The number of nitrogens with one attached hydrogen (secondary N) is 1. The molecule has 1 aromatic carbocycles. The monoisotopic (exact) mass is 216 g/mol. The van der Waals surface area contributed by atoms with Crippen LogP contribution in [0.15, 0.2) is 41.1 Å². The Morgan fingerprint density at radius 1 is 1.25 bits per heavy atom. The summed E-state index contributed by atoms with van der Waals surface area (Å²) in [6.07, 6.45) is 2.91. The van der Waals surface area contributed by atoms with E-state index >= 15 is 0 Å². The smallest absolute Gasteiger partial charge is 0.171 e. The SMILES string of the molecule is CCCNCc1cnoc1-c1ccccc1. The Bertz CT molecular complexity index is 423. The summed E-state index contributed by atoms with van der Waals surface area (Å²) in [4.78, 5) is 0. The van der Waals surface area contributed by atoms with Crippen molar-refractivity contribution in [1.29, 1.82) is 0 Å². The summed E-state index contributed by atoms with van der Waals surface area (Å²) in [5, 5.41) is 7.21. The fourth-order valence-corrected chi connectivity index (χ4v) is 1.61. The molecule has 0 aliphatic rings. The maximum Gasteiger partial charge on any atom is 0.171 e. The first-order chi connectivity index (χ1) is 7.92. The molecular weight excluding hydrogens is 200 g/mol. The molecule has 0 atom stereocenters. The Kier molecular flexibility index (Phi) is 3.72. The molecule has 3 heteroatoms. The van der Waals surface area contributed by atoms with Gasteiger partial charge in [0.2, 0.25) is 0 Å². The first kappa shape index (κ1) is 10.9. The van der Waals surface area contributed by atoms with Crippen LogP contribution in [0.1, 0.15) is 18.9 Å². The molecule has 0 amide bonds. The second-order valence-electron chi connectivity index (χ2n) is 3.72. The highest BCUT2D eigenvalue weighted by atomic mass is 16.5. The molecule has 1 heterocycles. The average Bonchev–Trinajstić information content (AvgIpc) is 2.79. The molecule has 1 N–H and O–H groups in total. The van der Waals surface area contributed by atoms with Crippen molar-refractivity contribution in [2.75, 3.05) is 6.54 Å². The van der Waals surface area contributed by atoms with Crippen LogP contribution >= 0.6 is 0 Å². The third-order valence-corrected chi connectivity index (χ3v) is 2.42. The van der Waals surface area contributed by atoms with Gasteiger partial charge in [0.25, 0.3) is 0 Å². The van der Waals surface area contributed by atoms with Crippen molar-refractivity contribution >= 4 is 0 Å². The van der Waals surface area contributed by atoms with Crippen LogP contribution in [0.25, 0.3) is 11.3 Å². The van der Waals surface area contributed by atoms with Crippen molar-refractivity contribution < 1.29 is 4.52 Å². The normalized spacial score (nSPS) is 10.6. The van der Waals surface area contributed by atoms with Crippen LogP contribution in [0.3, 0.4) is 0 Å². The lowest BCUT2D eigenvalue weighted by molar-refractivity contribution is 0.431. The highest BCUT2D eigenvalue weighted by Gasteiger charge is 2.09. The van der Waals surface area contributed by atoms with Gasteiger partial charge in [0.15, 0.2) is 5.76 Å². The van der Waals surface area contributed by atoms with Crippen LogP contribution in [-0.2, 0) is 6.54 Å². The molecule has 84 valence electrons. The van der Waals surface area contributed by atoms with Crippen molar-refractivity contribution in [3.05, 3.63) is 42.1 Å². The molecule has 1 aromatic heterocycles. The summed E-state index contributed by atoms with van der Waals surface area (Å²) in [7, 11) is 0. The van der Waals surface area contributed by atoms with Gasteiger partial charge >= 0.3 is 0 Å². The van der Waals surface area contributed by atoms with E-state index in [9.17, 15) is 0 Å². The molecule has 0 aliphatic heterocycles. The third kappa shape index (κ3) is 2.49. The highest BCUT2D eigenvalue weighted by Crippen LogP contribution is 2.22. The van der Waals surface area contributed by atoms with Crippen molar-refractivity contribution in [2.24, 2.45) is 0 Å². The summed E-state index contributed by atoms with van der Waals surface area (Å²) < 4.78 is 5.29. The van der Waals surface area contributed by atoms with E-state index in [0.29, 0.717) is 0 Å². The summed E-state index contributed by atoms with van der Waals surface area (Å²) in [6, 6.07) is 10.1. The van der Waals surface area contributed by atoms with E-state index in [1.807, 2.05) is 30.3 Å². The number of benzene rings is 1. The predicted molar refractivity (Wildman–Crippen MR) is 63.9 cm³/mol. The van der Waals surface area contributed by atoms with Gasteiger partial charge in [-0.1, -0.05) is 42.4 Å². The van der Waals surface area contributed by atoms with Gasteiger partial charge in [-0.15, -0.1) is 0 Å². The van der Waals surface area contributed by atoms with E-state index in [-0.39, 0.29) is 0 Å². The summed E-state index contributed by atoms with van der Waals surface area (Å²) in [5.41, 5.74) is 2.19. The van der Waals surface area contributed by atoms with Crippen LogP contribution in [0.4, 0.5) is 0 Å². The number of hydrogen-bond acceptors (Lipinski definition) is 3. The molecule has 0 fully saturated rings. The number of aromatic nitrogens is 1. The van der Waals surface area contributed by atoms with E-state index < -0.39 is 0 Å². The Morgan fingerprint density at radius 3 is 2.81 bits per heavy atom. The van der Waals surface area contributed by atoms with E-state index in [2.05, 4.69) is 17.4 Å². The van der Waals surface area contributed by atoms with Gasteiger partial charge in [-0.25, -0.2) is 0 Å². The van der Waals surface area contributed by atoms with E-state index in [1.165, 1.54) is 0 Å². The molecular formula is C13H16N2O. The van der Waals surface area contributed by atoms with Crippen LogP contribution in [0.5, 0.6) is 0 Å². The molecule has 0 aliphatic carbocycles. The standard InChI is InChI=1S/C13H16N2O/c1-2-8-14-9-12-10-15-16-13(12)11-6-4-3-5-7-11/h3-7,10,14H,2,8-9H2,1H3. The Labute approximate surface area is 95.5 Å². The lowest BCUT2D eigenvalue weighted by Crippen LogP contribution is -2.13. The molecule has 16 heavy (non-hydrogen) atoms. The lowest BCUT2D eigenvalue weighted by atomic mass is 10.1. The Morgan fingerprint density at radius 2 is 2.06 bits per heavy atom. The van der Waals surface area contributed by atoms with E-state index in [4.69, 9.17) is 4.52 Å². The van der Waals surface area contributed by atoms with Crippen LogP contribution in [0, 0.1) is 0 Å². The summed E-state index contributed by atoms with van der Waals surface area (Å²) >= 11 is 0. The van der Waals surface area contributed by atoms with Crippen molar-refractivity contribution in [1.82, 2.24) is 10.5 Å². The van der Waals surface area contributed by atoms with Crippen LogP contribution < -0.4 is 5.32 Å². The van der Waals surface area contributed by atoms with Gasteiger partial charge in [0, 0.05) is 17.7 Å². The Balaban J connectivity index is 2.13. The fraction of sp³-hybridized carbons (Fsp3) is 0.308. The minimum absolute atomic E-state index is 0.807. The molecule has 0 saturated heterocycles. The molecule has 0 bridgehead atoms. The molecule has 0 unspecified atom stereocenters. The average molecular weight is 216 g/mol. The second kappa shape index (κ2) is 5.47. The predicted octanol–water partition coefficient (Wildman–Crippen LogP) is 2.84. The molecule has 3 nitrogen and oxygen atoms in total. The first-order valence-corrected chi connectivity index (χ1v) is 5.61.